The Morgan fingerprint density at radius 2 is 2.24 bits per heavy atom. The number of hydrogen-bond donors (Lipinski definition) is 1. The third kappa shape index (κ3) is 2.95. The first-order valence-electron chi connectivity index (χ1n) is 5.71. The summed E-state index contributed by atoms with van der Waals surface area (Å²) < 4.78 is 18.5. The van der Waals surface area contributed by atoms with Gasteiger partial charge in [0.25, 0.3) is 0 Å². The van der Waals surface area contributed by atoms with E-state index in [0.717, 1.165) is 19.3 Å². The largest absolute Gasteiger partial charge is 0.382 e. The molecule has 0 heterocycles. The minimum Gasteiger partial charge on any atom is -0.382 e. The highest BCUT2D eigenvalue weighted by atomic mass is 19.1. The third-order valence-corrected chi connectivity index (χ3v) is 3.12. The van der Waals surface area contributed by atoms with E-state index in [2.05, 4.69) is 5.32 Å². The molecule has 1 fully saturated rings. The Hall–Kier alpha value is -1.60. The van der Waals surface area contributed by atoms with Gasteiger partial charge in [0.15, 0.2) is 0 Å². The van der Waals surface area contributed by atoms with Gasteiger partial charge in [-0.3, -0.25) is 0 Å². The van der Waals surface area contributed by atoms with Crippen LogP contribution in [-0.2, 0) is 4.74 Å². The molecule has 0 amide bonds. The summed E-state index contributed by atoms with van der Waals surface area (Å²) in [5, 5.41) is 12.0. The van der Waals surface area contributed by atoms with Crippen molar-refractivity contribution in [3.05, 3.63) is 29.6 Å². The first-order chi connectivity index (χ1) is 8.21. The lowest BCUT2D eigenvalue weighted by Crippen LogP contribution is -2.17. The molecule has 0 spiro atoms. The van der Waals surface area contributed by atoms with Gasteiger partial charge < -0.3 is 10.1 Å². The van der Waals surface area contributed by atoms with Gasteiger partial charge in [-0.05, 0) is 37.5 Å². The van der Waals surface area contributed by atoms with Crippen LogP contribution in [0, 0.1) is 17.1 Å². The van der Waals surface area contributed by atoms with Crippen LogP contribution in [0.1, 0.15) is 24.8 Å². The third-order valence-electron chi connectivity index (χ3n) is 3.12. The van der Waals surface area contributed by atoms with E-state index < -0.39 is 0 Å². The van der Waals surface area contributed by atoms with E-state index in [4.69, 9.17) is 10.00 Å². The highest BCUT2D eigenvalue weighted by Gasteiger charge is 2.24. The summed E-state index contributed by atoms with van der Waals surface area (Å²) in [6, 6.07) is 6.57. The summed E-state index contributed by atoms with van der Waals surface area (Å²) in [5.74, 6) is -0.382. The molecule has 1 aliphatic rings. The van der Waals surface area contributed by atoms with E-state index in [0.29, 0.717) is 17.3 Å². The summed E-state index contributed by atoms with van der Waals surface area (Å²) in [7, 11) is 1.71. The standard InChI is InChI=1S/C13H15FN2O/c1-17-13-3-2-11(7-13)16-12-5-9(8-15)4-10(14)6-12/h4-6,11,13,16H,2-3,7H2,1H3. The highest BCUT2D eigenvalue weighted by molar-refractivity contribution is 5.50. The van der Waals surface area contributed by atoms with Crippen LogP contribution in [-0.4, -0.2) is 19.3 Å². The molecule has 1 N–H and O–H groups in total. The number of nitrogens with zero attached hydrogens (tertiary/aromatic N) is 1. The maximum Gasteiger partial charge on any atom is 0.126 e. The summed E-state index contributed by atoms with van der Waals surface area (Å²) in [6.07, 6.45) is 3.25. The van der Waals surface area contributed by atoms with Gasteiger partial charge in [0, 0.05) is 18.8 Å². The van der Waals surface area contributed by atoms with Crippen LogP contribution >= 0.6 is 0 Å². The molecule has 1 aromatic carbocycles. The lowest BCUT2D eigenvalue weighted by molar-refractivity contribution is 0.108. The Morgan fingerprint density at radius 3 is 2.88 bits per heavy atom. The molecular formula is C13H15FN2O. The molecule has 17 heavy (non-hydrogen) atoms. The molecule has 0 radical (unpaired) electrons. The average Bonchev–Trinajstić information content (AvgIpc) is 2.76. The zero-order chi connectivity index (χ0) is 12.3. The molecule has 3 nitrogen and oxygen atoms in total. The molecule has 1 aromatic rings. The van der Waals surface area contributed by atoms with E-state index in [-0.39, 0.29) is 11.9 Å². The average molecular weight is 234 g/mol. The molecule has 0 aromatic heterocycles. The Bertz CT molecular complexity index is 442. The number of rotatable bonds is 3. The van der Waals surface area contributed by atoms with Crippen molar-refractivity contribution in [3.8, 4) is 6.07 Å². The van der Waals surface area contributed by atoms with E-state index in [9.17, 15) is 4.39 Å². The predicted octanol–water partition coefficient (Wildman–Crippen LogP) is 2.68. The minimum atomic E-state index is -0.382. The second kappa shape index (κ2) is 5.15. The van der Waals surface area contributed by atoms with Crippen molar-refractivity contribution in [2.75, 3.05) is 12.4 Å². The summed E-state index contributed by atoms with van der Waals surface area (Å²) >= 11 is 0. The van der Waals surface area contributed by atoms with Gasteiger partial charge in [-0.25, -0.2) is 4.39 Å². The van der Waals surface area contributed by atoms with Crippen molar-refractivity contribution in [2.24, 2.45) is 0 Å². The molecule has 1 aliphatic carbocycles. The monoisotopic (exact) mass is 234 g/mol. The van der Waals surface area contributed by atoms with Crippen molar-refractivity contribution in [1.29, 1.82) is 5.26 Å². The van der Waals surface area contributed by atoms with Crippen LogP contribution in [0.4, 0.5) is 10.1 Å². The second-order valence-corrected chi connectivity index (χ2v) is 4.35. The summed E-state index contributed by atoms with van der Waals surface area (Å²) in [5.41, 5.74) is 1.01. The zero-order valence-corrected chi connectivity index (χ0v) is 9.74. The van der Waals surface area contributed by atoms with Crippen LogP contribution in [0.3, 0.4) is 0 Å². The van der Waals surface area contributed by atoms with Crippen molar-refractivity contribution >= 4 is 5.69 Å². The number of nitriles is 1. The summed E-state index contributed by atoms with van der Waals surface area (Å²) in [6.45, 7) is 0. The minimum absolute atomic E-state index is 0.288. The molecule has 1 saturated carbocycles. The van der Waals surface area contributed by atoms with Crippen LogP contribution in [0.2, 0.25) is 0 Å². The molecule has 2 unspecified atom stereocenters. The van der Waals surface area contributed by atoms with Gasteiger partial charge in [-0.2, -0.15) is 5.26 Å². The molecule has 0 saturated heterocycles. The maximum absolute atomic E-state index is 13.2. The molecule has 0 aliphatic heterocycles. The fourth-order valence-corrected chi connectivity index (χ4v) is 2.26. The number of benzene rings is 1. The Morgan fingerprint density at radius 1 is 1.41 bits per heavy atom. The smallest absolute Gasteiger partial charge is 0.126 e. The normalized spacial score (nSPS) is 23.4. The first kappa shape index (κ1) is 11.9. The summed E-state index contributed by atoms with van der Waals surface area (Å²) in [4.78, 5) is 0. The lowest BCUT2D eigenvalue weighted by atomic mass is 10.2. The van der Waals surface area contributed by atoms with Gasteiger partial charge in [-0.15, -0.1) is 0 Å². The van der Waals surface area contributed by atoms with Crippen LogP contribution in [0.15, 0.2) is 18.2 Å². The predicted molar refractivity (Wildman–Crippen MR) is 63.2 cm³/mol. The van der Waals surface area contributed by atoms with Gasteiger partial charge in [-0.1, -0.05) is 0 Å². The number of ether oxygens (including phenoxy) is 1. The maximum atomic E-state index is 13.2. The van der Waals surface area contributed by atoms with Crippen molar-refractivity contribution in [2.45, 2.75) is 31.4 Å². The molecule has 4 heteroatoms. The topological polar surface area (TPSA) is 45.0 Å². The second-order valence-electron chi connectivity index (χ2n) is 4.35. The van der Waals surface area contributed by atoms with E-state index in [1.165, 1.54) is 12.1 Å². The fourth-order valence-electron chi connectivity index (χ4n) is 2.26. The highest BCUT2D eigenvalue weighted by Crippen LogP contribution is 2.25. The van der Waals surface area contributed by atoms with Gasteiger partial charge in [0.05, 0.1) is 17.7 Å². The number of nitrogens with one attached hydrogen (secondary N) is 1. The van der Waals surface area contributed by atoms with Crippen molar-refractivity contribution in [1.82, 2.24) is 0 Å². The van der Waals surface area contributed by atoms with Gasteiger partial charge >= 0.3 is 0 Å². The molecular weight excluding hydrogens is 219 g/mol. The van der Waals surface area contributed by atoms with E-state index in [1.54, 1.807) is 13.2 Å². The molecule has 2 atom stereocenters. The Balaban J connectivity index is 2.04. The number of methoxy groups -OCH3 is 1. The van der Waals surface area contributed by atoms with Crippen molar-refractivity contribution in [3.63, 3.8) is 0 Å². The van der Waals surface area contributed by atoms with Crippen LogP contribution < -0.4 is 5.32 Å². The molecule has 2 rings (SSSR count). The molecule has 0 bridgehead atoms. The molecule has 90 valence electrons. The van der Waals surface area contributed by atoms with Crippen LogP contribution in [0.5, 0.6) is 0 Å². The Kier molecular flexibility index (Phi) is 3.60. The van der Waals surface area contributed by atoms with Crippen LogP contribution in [0.25, 0.3) is 0 Å². The van der Waals surface area contributed by atoms with E-state index in [1.807, 2.05) is 6.07 Å². The number of anilines is 1. The van der Waals surface area contributed by atoms with Crippen molar-refractivity contribution < 1.29 is 9.13 Å². The quantitative estimate of drug-likeness (QED) is 0.874. The zero-order valence-electron chi connectivity index (χ0n) is 9.74. The number of hydrogen-bond acceptors (Lipinski definition) is 3. The first-order valence-corrected chi connectivity index (χ1v) is 5.71. The fraction of sp³-hybridized carbons (Fsp3) is 0.462. The Labute approximate surface area is 100 Å². The lowest BCUT2D eigenvalue weighted by Gasteiger charge is -2.14. The van der Waals surface area contributed by atoms with E-state index >= 15 is 0 Å². The number of halogens is 1. The van der Waals surface area contributed by atoms with Gasteiger partial charge in [0.1, 0.15) is 5.82 Å². The van der Waals surface area contributed by atoms with Gasteiger partial charge in [0.2, 0.25) is 0 Å². The SMILES string of the molecule is COC1CCC(Nc2cc(F)cc(C#N)c2)C1.